The van der Waals surface area contributed by atoms with Gasteiger partial charge in [-0.3, -0.25) is 4.79 Å². The molecule has 0 unspecified atom stereocenters. The van der Waals surface area contributed by atoms with E-state index in [1.165, 1.54) is 6.42 Å². The van der Waals surface area contributed by atoms with Crippen LogP contribution in [0, 0.1) is 0 Å². The molecule has 1 fully saturated rings. The third kappa shape index (κ3) is 1.79. The summed E-state index contributed by atoms with van der Waals surface area (Å²) in [5.74, 6) is 0.862. The van der Waals surface area contributed by atoms with Crippen LogP contribution in [0.1, 0.15) is 48.9 Å². The van der Waals surface area contributed by atoms with Crippen molar-refractivity contribution in [1.82, 2.24) is 0 Å². The number of aromatic hydroxyl groups is 1. The lowest BCUT2D eigenvalue weighted by molar-refractivity contribution is 0.0135. The van der Waals surface area contributed by atoms with Crippen molar-refractivity contribution in [1.29, 1.82) is 0 Å². The van der Waals surface area contributed by atoms with Crippen molar-refractivity contribution in [2.75, 3.05) is 0 Å². The summed E-state index contributed by atoms with van der Waals surface area (Å²) in [6, 6.07) is 4.75. The third-order valence-electron chi connectivity index (χ3n) is 3.84. The number of ketones is 1. The predicted octanol–water partition coefficient (Wildman–Crippen LogP) is 3.06. The van der Waals surface area contributed by atoms with E-state index in [0.717, 1.165) is 25.7 Å². The Kier molecular flexibility index (Phi) is 2.35. The van der Waals surface area contributed by atoms with Gasteiger partial charge in [0, 0.05) is 6.07 Å². The van der Waals surface area contributed by atoms with Gasteiger partial charge in [0.1, 0.15) is 17.1 Å². The number of phenols is 1. The van der Waals surface area contributed by atoms with Crippen LogP contribution in [-0.4, -0.2) is 16.5 Å². The first-order valence-electron chi connectivity index (χ1n) is 6.24. The lowest BCUT2D eigenvalue weighted by Crippen LogP contribution is -2.43. The van der Waals surface area contributed by atoms with E-state index in [9.17, 15) is 9.90 Å². The van der Waals surface area contributed by atoms with E-state index < -0.39 is 0 Å². The van der Waals surface area contributed by atoms with Crippen LogP contribution in [0.4, 0.5) is 0 Å². The zero-order valence-corrected chi connectivity index (χ0v) is 9.74. The molecular weight excluding hydrogens is 216 g/mol. The van der Waals surface area contributed by atoms with Gasteiger partial charge in [0.25, 0.3) is 0 Å². The normalized spacial score (nSPS) is 22.0. The molecule has 0 amide bonds. The second-order valence-corrected chi connectivity index (χ2v) is 5.13. The molecule has 0 bridgehead atoms. The van der Waals surface area contributed by atoms with Crippen molar-refractivity contribution in [3.8, 4) is 11.5 Å². The smallest absolute Gasteiger partial charge is 0.170 e. The molecule has 17 heavy (non-hydrogen) atoms. The molecule has 3 nitrogen and oxygen atoms in total. The molecular formula is C14H16O3. The molecule has 1 aromatic rings. The molecule has 90 valence electrons. The van der Waals surface area contributed by atoms with Gasteiger partial charge in [0.2, 0.25) is 0 Å². The molecule has 2 aliphatic rings. The molecule has 1 N–H and O–H groups in total. The van der Waals surface area contributed by atoms with E-state index in [-0.39, 0.29) is 17.1 Å². The van der Waals surface area contributed by atoms with Crippen molar-refractivity contribution >= 4 is 5.78 Å². The Bertz CT molecular complexity index is 459. The molecule has 0 radical (unpaired) electrons. The second-order valence-electron chi connectivity index (χ2n) is 5.13. The van der Waals surface area contributed by atoms with Gasteiger partial charge < -0.3 is 9.84 Å². The Hall–Kier alpha value is -1.51. The summed E-state index contributed by atoms with van der Waals surface area (Å²) in [5, 5.41) is 9.47. The fourth-order valence-electron chi connectivity index (χ4n) is 2.96. The number of ether oxygens (including phenoxy) is 1. The first-order chi connectivity index (χ1) is 8.19. The van der Waals surface area contributed by atoms with E-state index in [1.54, 1.807) is 18.2 Å². The van der Waals surface area contributed by atoms with Gasteiger partial charge in [0.05, 0.1) is 12.0 Å². The van der Waals surface area contributed by atoms with Crippen LogP contribution in [-0.2, 0) is 0 Å². The number of fused-ring (bicyclic) bond motifs is 1. The highest BCUT2D eigenvalue weighted by Crippen LogP contribution is 2.42. The molecule has 3 heteroatoms. The predicted molar refractivity (Wildman–Crippen MR) is 63.5 cm³/mol. The lowest BCUT2D eigenvalue weighted by atomic mass is 9.78. The van der Waals surface area contributed by atoms with E-state index in [2.05, 4.69) is 0 Å². The van der Waals surface area contributed by atoms with Crippen LogP contribution < -0.4 is 4.74 Å². The Balaban J connectivity index is 1.98. The zero-order chi connectivity index (χ0) is 11.9. The SMILES string of the molecule is O=C1CC2(CCCCC2)Oc2cc(O)ccc21. The third-order valence-corrected chi connectivity index (χ3v) is 3.84. The minimum absolute atomic E-state index is 0.146. The standard InChI is InChI=1S/C14H16O3/c15-10-4-5-11-12(16)9-14(17-13(11)8-10)6-2-1-3-7-14/h4-5,8,15H,1-3,6-7,9H2. The van der Waals surface area contributed by atoms with Crippen LogP contribution in [0.15, 0.2) is 18.2 Å². The summed E-state index contributed by atoms with van der Waals surface area (Å²) in [6.45, 7) is 0. The molecule has 1 spiro atoms. The van der Waals surface area contributed by atoms with Gasteiger partial charge >= 0.3 is 0 Å². The highest BCUT2D eigenvalue weighted by Gasteiger charge is 2.41. The number of rotatable bonds is 0. The average molecular weight is 232 g/mol. The first-order valence-corrected chi connectivity index (χ1v) is 6.24. The van der Waals surface area contributed by atoms with Gasteiger partial charge in [-0.2, -0.15) is 0 Å². The second kappa shape index (κ2) is 3.76. The molecule has 1 aliphatic heterocycles. The number of hydrogen-bond acceptors (Lipinski definition) is 3. The van der Waals surface area contributed by atoms with Crippen molar-refractivity contribution in [3.63, 3.8) is 0 Å². The maximum absolute atomic E-state index is 12.1. The number of carbonyl (C=O) groups is 1. The van der Waals surface area contributed by atoms with Crippen molar-refractivity contribution in [2.24, 2.45) is 0 Å². The van der Waals surface area contributed by atoms with Crippen molar-refractivity contribution in [3.05, 3.63) is 23.8 Å². The summed E-state index contributed by atoms with van der Waals surface area (Å²) >= 11 is 0. The zero-order valence-electron chi connectivity index (χ0n) is 9.74. The summed E-state index contributed by atoms with van der Waals surface area (Å²) in [7, 11) is 0. The van der Waals surface area contributed by atoms with Gasteiger partial charge in [0.15, 0.2) is 5.78 Å². The summed E-state index contributed by atoms with van der Waals surface area (Å²) in [5.41, 5.74) is 0.315. The van der Waals surface area contributed by atoms with Gasteiger partial charge in [-0.05, 0) is 37.8 Å². The number of hydrogen-bond donors (Lipinski definition) is 1. The Labute approximate surface area is 100 Å². The minimum Gasteiger partial charge on any atom is -0.508 e. The molecule has 0 atom stereocenters. The van der Waals surface area contributed by atoms with Gasteiger partial charge in [-0.1, -0.05) is 6.42 Å². The Morgan fingerprint density at radius 3 is 2.71 bits per heavy atom. The van der Waals surface area contributed by atoms with E-state index in [4.69, 9.17) is 4.74 Å². The van der Waals surface area contributed by atoms with Crippen LogP contribution in [0.2, 0.25) is 0 Å². The molecule has 1 aromatic carbocycles. The molecule has 0 saturated heterocycles. The topological polar surface area (TPSA) is 46.5 Å². The molecule has 3 rings (SSSR count). The van der Waals surface area contributed by atoms with Gasteiger partial charge in [-0.25, -0.2) is 0 Å². The monoisotopic (exact) mass is 232 g/mol. The van der Waals surface area contributed by atoms with E-state index in [1.807, 2.05) is 0 Å². The highest BCUT2D eigenvalue weighted by atomic mass is 16.5. The van der Waals surface area contributed by atoms with Crippen LogP contribution in [0.25, 0.3) is 0 Å². The maximum Gasteiger partial charge on any atom is 0.170 e. The largest absolute Gasteiger partial charge is 0.508 e. The summed E-state index contributed by atoms with van der Waals surface area (Å²) in [4.78, 5) is 12.1. The first kappa shape index (κ1) is 10.6. The fraction of sp³-hybridized carbons (Fsp3) is 0.500. The number of carbonyl (C=O) groups excluding carboxylic acids is 1. The van der Waals surface area contributed by atoms with Crippen molar-refractivity contribution < 1.29 is 14.6 Å². The quantitative estimate of drug-likeness (QED) is 0.747. The fourth-order valence-corrected chi connectivity index (χ4v) is 2.96. The molecule has 1 aliphatic carbocycles. The van der Waals surface area contributed by atoms with Gasteiger partial charge in [-0.15, -0.1) is 0 Å². The van der Waals surface area contributed by atoms with Crippen molar-refractivity contribution in [2.45, 2.75) is 44.1 Å². The Morgan fingerprint density at radius 2 is 1.94 bits per heavy atom. The van der Waals surface area contributed by atoms with E-state index in [0.29, 0.717) is 17.7 Å². The highest BCUT2D eigenvalue weighted by molar-refractivity contribution is 6.00. The number of Topliss-reactive ketones (excluding diaryl/α,β-unsaturated/α-hetero) is 1. The summed E-state index contributed by atoms with van der Waals surface area (Å²) < 4.78 is 6.03. The molecule has 1 heterocycles. The van der Waals surface area contributed by atoms with Crippen LogP contribution in [0.3, 0.4) is 0 Å². The lowest BCUT2D eigenvalue weighted by Gasteiger charge is -2.40. The average Bonchev–Trinajstić information content (AvgIpc) is 2.29. The number of phenolic OH excluding ortho intramolecular Hbond substituents is 1. The van der Waals surface area contributed by atoms with Crippen LogP contribution in [0.5, 0.6) is 11.5 Å². The summed E-state index contributed by atoms with van der Waals surface area (Å²) in [6.07, 6.45) is 5.88. The maximum atomic E-state index is 12.1. The molecule has 0 aromatic heterocycles. The van der Waals surface area contributed by atoms with Crippen LogP contribution >= 0.6 is 0 Å². The number of benzene rings is 1. The Morgan fingerprint density at radius 1 is 1.18 bits per heavy atom. The minimum atomic E-state index is -0.296. The molecule has 1 saturated carbocycles. The van der Waals surface area contributed by atoms with E-state index >= 15 is 0 Å².